The van der Waals surface area contributed by atoms with Crippen LogP contribution < -0.4 is 5.32 Å². The minimum Gasteiger partial charge on any atom is -0.349 e. The summed E-state index contributed by atoms with van der Waals surface area (Å²) in [6.45, 7) is 3.96. The predicted octanol–water partition coefficient (Wildman–Crippen LogP) is 2.32. The van der Waals surface area contributed by atoms with Crippen molar-refractivity contribution in [1.29, 1.82) is 0 Å². The summed E-state index contributed by atoms with van der Waals surface area (Å²) >= 11 is 5.97. The van der Waals surface area contributed by atoms with Crippen molar-refractivity contribution in [3.05, 3.63) is 38.9 Å². The molecular formula is C14H18ClN3O3. The van der Waals surface area contributed by atoms with Crippen molar-refractivity contribution in [2.45, 2.75) is 19.4 Å². The van der Waals surface area contributed by atoms with E-state index in [-0.39, 0.29) is 28.2 Å². The average molecular weight is 312 g/mol. The summed E-state index contributed by atoms with van der Waals surface area (Å²) in [6, 6.07) is 3.99. The van der Waals surface area contributed by atoms with Crippen LogP contribution in [0.15, 0.2) is 18.2 Å². The van der Waals surface area contributed by atoms with Gasteiger partial charge in [-0.15, -0.1) is 0 Å². The third kappa shape index (κ3) is 3.71. The summed E-state index contributed by atoms with van der Waals surface area (Å²) in [4.78, 5) is 24.6. The summed E-state index contributed by atoms with van der Waals surface area (Å²) in [6.07, 6.45) is 0.883. The van der Waals surface area contributed by atoms with Crippen LogP contribution in [0.3, 0.4) is 0 Å². The largest absolute Gasteiger partial charge is 0.349 e. The Bertz CT molecular complexity index is 564. The molecule has 114 valence electrons. The minimum atomic E-state index is -0.535. The van der Waals surface area contributed by atoms with E-state index in [0.29, 0.717) is 5.92 Å². The second kappa shape index (κ2) is 6.41. The zero-order chi connectivity index (χ0) is 15.6. The Balaban J connectivity index is 2.08. The number of nitrogens with one attached hydrogen (secondary N) is 1. The molecule has 2 rings (SSSR count). The lowest BCUT2D eigenvalue weighted by atomic mass is 9.94. The van der Waals surface area contributed by atoms with Crippen LogP contribution in [0.4, 0.5) is 5.69 Å². The maximum absolute atomic E-state index is 12.3. The lowest BCUT2D eigenvalue weighted by Gasteiger charge is -2.35. The number of non-ortho nitro benzene ring substituents is 1. The number of piperidine rings is 1. The van der Waals surface area contributed by atoms with Gasteiger partial charge in [-0.3, -0.25) is 14.9 Å². The fraction of sp³-hybridized carbons (Fsp3) is 0.500. The lowest BCUT2D eigenvalue weighted by Crippen LogP contribution is -2.48. The topological polar surface area (TPSA) is 75.5 Å². The summed E-state index contributed by atoms with van der Waals surface area (Å²) in [5.74, 6) is 0.0702. The molecule has 21 heavy (non-hydrogen) atoms. The molecule has 2 atom stereocenters. The maximum atomic E-state index is 12.3. The Morgan fingerprint density at radius 2 is 2.24 bits per heavy atom. The number of carbonyl (C=O) groups is 1. The molecule has 0 spiro atoms. The molecule has 1 aromatic carbocycles. The predicted molar refractivity (Wildman–Crippen MR) is 80.6 cm³/mol. The van der Waals surface area contributed by atoms with Crippen molar-refractivity contribution in [2.24, 2.45) is 5.92 Å². The van der Waals surface area contributed by atoms with Gasteiger partial charge in [0.25, 0.3) is 11.6 Å². The van der Waals surface area contributed by atoms with Gasteiger partial charge in [0.15, 0.2) is 0 Å². The molecule has 1 amide bonds. The second-order valence-corrected chi connectivity index (χ2v) is 5.94. The SMILES string of the molecule is CC1CN(C)CCC1NC(=O)c1ccc([N+](=O)[O-])cc1Cl. The van der Waals surface area contributed by atoms with E-state index in [2.05, 4.69) is 24.2 Å². The highest BCUT2D eigenvalue weighted by molar-refractivity contribution is 6.34. The molecule has 0 radical (unpaired) electrons. The number of rotatable bonds is 3. The number of hydrogen-bond donors (Lipinski definition) is 1. The smallest absolute Gasteiger partial charge is 0.270 e. The number of hydrogen-bond acceptors (Lipinski definition) is 4. The van der Waals surface area contributed by atoms with Crippen LogP contribution in [0.2, 0.25) is 5.02 Å². The maximum Gasteiger partial charge on any atom is 0.270 e. The zero-order valence-corrected chi connectivity index (χ0v) is 12.8. The van der Waals surface area contributed by atoms with E-state index in [1.54, 1.807) is 0 Å². The van der Waals surface area contributed by atoms with Gasteiger partial charge in [-0.1, -0.05) is 18.5 Å². The van der Waals surface area contributed by atoms with Crippen LogP contribution in [-0.2, 0) is 0 Å². The molecule has 1 heterocycles. The molecule has 7 heteroatoms. The summed E-state index contributed by atoms with van der Waals surface area (Å²) in [7, 11) is 2.06. The van der Waals surface area contributed by atoms with Gasteiger partial charge in [0.1, 0.15) is 0 Å². The van der Waals surface area contributed by atoms with Crippen LogP contribution in [0.25, 0.3) is 0 Å². The fourth-order valence-corrected chi connectivity index (χ4v) is 2.88. The quantitative estimate of drug-likeness (QED) is 0.686. The highest BCUT2D eigenvalue weighted by Crippen LogP contribution is 2.23. The third-order valence-corrected chi connectivity index (χ3v) is 4.15. The Hall–Kier alpha value is -1.66. The van der Waals surface area contributed by atoms with Crippen LogP contribution in [0, 0.1) is 16.0 Å². The summed E-state index contributed by atoms with van der Waals surface area (Å²) in [5.41, 5.74) is 0.151. The van der Waals surface area contributed by atoms with Gasteiger partial charge < -0.3 is 10.2 Å². The molecule has 2 unspecified atom stereocenters. The Kier molecular flexibility index (Phi) is 4.80. The van der Waals surface area contributed by atoms with Crippen molar-refractivity contribution >= 4 is 23.2 Å². The standard InChI is InChI=1S/C14H18ClN3O3/c1-9-8-17(2)6-5-13(9)16-14(19)11-4-3-10(18(20)21)7-12(11)15/h3-4,7,9,13H,5-6,8H2,1-2H3,(H,16,19). The van der Waals surface area contributed by atoms with E-state index in [1.807, 2.05) is 0 Å². The molecule has 1 aliphatic heterocycles. The number of nitro groups is 1. The highest BCUT2D eigenvalue weighted by Gasteiger charge is 2.26. The molecule has 0 saturated carbocycles. The van der Waals surface area contributed by atoms with Gasteiger partial charge in [-0.05, 0) is 32.0 Å². The van der Waals surface area contributed by atoms with Crippen LogP contribution in [0.5, 0.6) is 0 Å². The number of benzene rings is 1. The Morgan fingerprint density at radius 1 is 1.52 bits per heavy atom. The molecule has 1 saturated heterocycles. The van der Waals surface area contributed by atoms with E-state index in [1.165, 1.54) is 18.2 Å². The number of halogens is 1. The molecule has 6 nitrogen and oxygen atoms in total. The first-order chi connectivity index (χ1) is 9.88. The van der Waals surface area contributed by atoms with Crippen molar-refractivity contribution in [3.8, 4) is 0 Å². The highest BCUT2D eigenvalue weighted by atomic mass is 35.5. The number of likely N-dealkylation sites (tertiary alicyclic amines) is 1. The molecular weight excluding hydrogens is 294 g/mol. The van der Waals surface area contributed by atoms with Crippen molar-refractivity contribution in [1.82, 2.24) is 10.2 Å². The van der Waals surface area contributed by atoms with E-state index in [9.17, 15) is 14.9 Å². The molecule has 1 aliphatic rings. The van der Waals surface area contributed by atoms with E-state index < -0.39 is 4.92 Å². The van der Waals surface area contributed by atoms with Crippen LogP contribution in [0.1, 0.15) is 23.7 Å². The molecule has 0 aliphatic carbocycles. The Labute approximate surface area is 128 Å². The molecule has 0 aromatic heterocycles. The Morgan fingerprint density at radius 3 is 2.81 bits per heavy atom. The molecule has 1 N–H and O–H groups in total. The lowest BCUT2D eigenvalue weighted by molar-refractivity contribution is -0.384. The van der Waals surface area contributed by atoms with E-state index in [4.69, 9.17) is 11.6 Å². The molecule has 1 aromatic rings. The van der Waals surface area contributed by atoms with Crippen molar-refractivity contribution < 1.29 is 9.72 Å². The first-order valence-electron chi connectivity index (χ1n) is 6.82. The monoisotopic (exact) mass is 311 g/mol. The van der Waals surface area contributed by atoms with Gasteiger partial charge in [0.05, 0.1) is 15.5 Å². The van der Waals surface area contributed by atoms with Gasteiger partial charge in [-0.25, -0.2) is 0 Å². The van der Waals surface area contributed by atoms with Crippen molar-refractivity contribution in [3.63, 3.8) is 0 Å². The number of carbonyl (C=O) groups excluding carboxylic acids is 1. The number of amides is 1. The summed E-state index contributed by atoms with van der Waals surface area (Å²) < 4.78 is 0. The minimum absolute atomic E-state index is 0.0972. The van der Waals surface area contributed by atoms with Gasteiger partial charge in [0, 0.05) is 24.7 Å². The third-order valence-electron chi connectivity index (χ3n) is 3.83. The van der Waals surface area contributed by atoms with Gasteiger partial charge >= 0.3 is 0 Å². The average Bonchev–Trinajstić information content (AvgIpc) is 2.41. The van der Waals surface area contributed by atoms with E-state index >= 15 is 0 Å². The second-order valence-electron chi connectivity index (χ2n) is 5.53. The van der Waals surface area contributed by atoms with Gasteiger partial charge in [-0.2, -0.15) is 0 Å². The zero-order valence-electron chi connectivity index (χ0n) is 12.0. The molecule has 0 bridgehead atoms. The number of nitro benzene ring substituents is 1. The fourth-order valence-electron chi connectivity index (χ4n) is 2.62. The first-order valence-corrected chi connectivity index (χ1v) is 7.19. The molecule has 1 fully saturated rings. The number of nitrogens with zero attached hydrogens (tertiary/aromatic N) is 2. The first kappa shape index (κ1) is 15.7. The van der Waals surface area contributed by atoms with Crippen molar-refractivity contribution in [2.75, 3.05) is 20.1 Å². The normalized spacial score (nSPS) is 22.8. The summed E-state index contributed by atoms with van der Waals surface area (Å²) in [5, 5.41) is 13.7. The van der Waals surface area contributed by atoms with Crippen LogP contribution in [-0.4, -0.2) is 41.9 Å². The van der Waals surface area contributed by atoms with Gasteiger partial charge in [0.2, 0.25) is 0 Å². The van der Waals surface area contributed by atoms with E-state index in [0.717, 1.165) is 19.5 Å². The van der Waals surface area contributed by atoms with Crippen LogP contribution >= 0.6 is 11.6 Å².